The molecule has 5 rings (SSSR count). The maximum Gasteiger partial charge on any atom is 0.228 e. The highest BCUT2D eigenvalue weighted by atomic mass is 32.2. The Morgan fingerprint density at radius 3 is 2.48 bits per heavy atom. The molecule has 2 aliphatic rings. The Balaban J connectivity index is 1.34. The summed E-state index contributed by atoms with van der Waals surface area (Å²) in [4.78, 5) is 14.7. The van der Waals surface area contributed by atoms with Crippen molar-refractivity contribution in [1.82, 2.24) is 9.78 Å². The lowest BCUT2D eigenvalue weighted by atomic mass is 9.73. The third-order valence-electron chi connectivity index (χ3n) is 7.18. The lowest BCUT2D eigenvalue weighted by Crippen LogP contribution is -2.45. The third kappa shape index (κ3) is 4.59. The van der Waals surface area contributed by atoms with Crippen LogP contribution in [-0.4, -0.2) is 28.9 Å². The number of carbonyl (C=O) groups excluding carboxylic acids is 1. The van der Waals surface area contributed by atoms with E-state index >= 15 is 0 Å². The van der Waals surface area contributed by atoms with Crippen LogP contribution in [0.5, 0.6) is 0 Å². The van der Waals surface area contributed by atoms with Crippen LogP contribution in [0.3, 0.4) is 0 Å². The van der Waals surface area contributed by atoms with Gasteiger partial charge in [-0.3, -0.25) is 9.48 Å². The van der Waals surface area contributed by atoms with E-state index in [-0.39, 0.29) is 5.91 Å². The molecule has 3 aromatic rings. The summed E-state index contributed by atoms with van der Waals surface area (Å²) >= 11 is 1.71. The number of amides is 1. The molecule has 2 fully saturated rings. The number of nitrogens with zero attached hydrogens (tertiary/aromatic N) is 2. The number of rotatable bonds is 6. The summed E-state index contributed by atoms with van der Waals surface area (Å²) in [5, 5.41) is 4.65. The molecule has 1 aliphatic heterocycles. The molecule has 1 aliphatic carbocycles. The predicted octanol–water partition coefficient (Wildman–Crippen LogP) is 5.74. The molecule has 2 heterocycles. The van der Waals surface area contributed by atoms with Crippen LogP contribution in [0.15, 0.2) is 70.6 Å². The van der Waals surface area contributed by atoms with Crippen molar-refractivity contribution in [3.05, 3.63) is 66.4 Å². The minimum absolute atomic E-state index is 0.258. The molecule has 2 aromatic carbocycles. The first-order valence-electron chi connectivity index (χ1n) is 12.0. The molecule has 0 bridgehead atoms. The van der Waals surface area contributed by atoms with Crippen LogP contribution in [0.25, 0.3) is 11.3 Å². The van der Waals surface area contributed by atoms with Crippen LogP contribution in [0, 0.1) is 0 Å². The number of benzene rings is 2. The summed E-state index contributed by atoms with van der Waals surface area (Å²) in [5.41, 5.74) is 8.62. The number of hydrogen-bond acceptors (Lipinski definition) is 4. The van der Waals surface area contributed by atoms with E-state index in [9.17, 15) is 4.79 Å². The number of ether oxygens (including phenoxy) is 1. The average molecular weight is 462 g/mol. The summed E-state index contributed by atoms with van der Waals surface area (Å²) in [6.07, 6.45) is 9.57. The molecule has 33 heavy (non-hydrogen) atoms. The number of nitrogens with two attached hydrogens (primary N) is 1. The molecule has 2 N–H and O–H groups in total. The van der Waals surface area contributed by atoms with Gasteiger partial charge in [0.05, 0.1) is 17.2 Å². The van der Waals surface area contributed by atoms with Crippen molar-refractivity contribution in [2.75, 3.05) is 13.2 Å². The maximum atomic E-state index is 12.4. The second kappa shape index (κ2) is 9.74. The van der Waals surface area contributed by atoms with Gasteiger partial charge in [0.1, 0.15) is 0 Å². The number of primary amides is 1. The summed E-state index contributed by atoms with van der Waals surface area (Å²) in [5.74, 6) is -0.258. The van der Waals surface area contributed by atoms with Crippen LogP contribution in [-0.2, 0) is 14.9 Å². The molecule has 0 spiro atoms. The van der Waals surface area contributed by atoms with E-state index < -0.39 is 5.41 Å². The first kappa shape index (κ1) is 22.2. The van der Waals surface area contributed by atoms with Crippen molar-refractivity contribution in [2.45, 2.75) is 66.2 Å². The zero-order valence-corrected chi connectivity index (χ0v) is 19.7. The van der Waals surface area contributed by atoms with Gasteiger partial charge in [-0.2, -0.15) is 5.10 Å². The van der Waals surface area contributed by atoms with Crippen molar-refractivity contribution in [3.8, 4) is 11.3 Å². The highest BCUT2D eigenvalue weighted by Gasteiger charge is 2.40. The van der Waals surface area contributed by atoms with Crippen LogP contribution in [0.4, 0.5) is 0 Å². The van der Waals surface area contributed by atoms with Crippen LogP contribution in [0.1, 0.15) is 56.6 Å². The monoisotopic (exact) mass is 461 g/mol. The second-order valence-corrected chi connectivity index (χ2v) is 10.3. The second-order valence-electron chi connectivity index (χ2n) is 9.17. The zero-order valence-electron chi connectivity index (χ0n) is 18.9. The van der Waals surface area contributed by atoms with Crippen LogP contribution >= 0.6 is 11.8 Å². The van der Waals surface area contributed by atoms with Crippen molar-refractivity contribution in [3.63, 3.8) is 0 Å². The van der Waals surface area contributed by atoms with E-state index in [1.54, 1.807) is 11.8 Å². The lowest BCUT2D eigenvalue weighted by molar-refractivity contribution is -0.127. The molecular formula is C27H31N3O2S. The largest absolute Gasteiger partial charge is 0.381 e. The lowest BCUT2D eigenvalue weighted by Gasteiger charge is -2.34. The normalized spacial score (nSPS) is 18.8. The van der Waals surface area contributed by atoms with Gasteiger partial charge in [0.15, 0.2) is 0 Å². The standard InChI is InChI=1S/C27H31N3O2S/c28-26(31)27(14-17-32-18-15-27)21-5-4-8-24(19-21)33-23-11-9-20(10-12-23)25-13-16-29-30(25)22-6-2-1-3-7-22/h4-5,8-13,16,19,22H,1-3,6-7,14-15,17-18H2,(H2,28,31). The van der Waals surface area contributed by atoms with Crippen molar-refractivity contribution in [1.29, 1.82) is 0 Å². The molecule has 1 saturated carbocycles. The van der Waals surface area contributed by atoms with Gasteiger partial charge in [-0.15, -0.1) is 0 Å². The fourth-order valence-electron chi connectivity index (χ4n) is 5.24. The molecule has 0 radical (unpaired) electrons. The van der Waals surface area contributed by atoms with Gasteiger partial charge in [0.2, 0.25) is 5.91 Å². The molecule has 5 nitrogen and oxygen atoms in total. The number of hydrogen-bond donors (Lipinski definition) is 1. The molecular weight excluding hydrogens is 430 g/mol. The smallest absolute Gasteiger partial charge is 0.228 e. The number of aromatic nitrogens is 2. The summed E-state index contributed by atoms with van der Waals surface area (Å²) in [6, 6.07) is 19.6. The van der Waals surface area contributed by atoms with Gasteiger partial charge < -0.3 is 10.5 Å². The van der Waals surface area contributed by atoms with Crippen molar-refractivity contribution < 1.29 is 9.53 Å². The molecule has 172 valence electrons. The zero-order chi connectivity index (χ0) is 22.7. The number of carbonyl (C=O) groups is 1. The van der Waals surface area contributed by atoms with E-state index in [0.717, 1.165) is 10.5 Å². The molecule has 0 unspecified atom stereocenters. The quantitative estimate of drug-likeness (QED) is 0.508. The highest BCUT2D eigenvalue weighted by molar-refractivity contribution is 7.99. The molecule has 1 saturated heterocycles. The Bertz CT molecular complexity index is 1100. The van der Waals surface area contributed by atoms with E-state index in [2.05, 4.69) is 52.2 Å². The summed E-state index contributed by atoms with van der Waals surface area (Å²) in [7, 11) is 0. The van der Waals surface area contributed by atoms with E-state index in [4.69, 9.17) is 10.5 Å². The fourth-order valence-corrected chi connectivity index (χ4v) is 6.12. The Hall–Kier alpha value is -2.57. The van der Waals surface area contributed by atoms with Crippen LogP contribution in [0.2, 0.25) is 0 Å². The topological polar surface area (TPSA) is 70.1 Å². The molecule has 6 heteroatoms. The van der Waals surface area contributed by atoms with Crippen molar-refractivity contribution in [2.24, 2.45) is 5.73 Å². The van der Waals surface area contributed by atoms with Gasteiger partial charge in [0.25, 0.3) is 0 Å². The molecule has 1 amide bonds. The molecule has 0 atom stereocenters. The third-order valence-corrected chi connectivity index (χ3v) is 8.18. The maximum absolute atomic E-state index is 12.4. The predicted molar refractivity (Wildman–Crippen MR) is 131 cm³/mol. The first-order valence-corrected chi connectivity index (χ1v) is 12.8. The Kier molecular flexibility index (Phi) is 6.56. The molecule has 1 aromatic heterocycles. The van der Waals surface area contributed by atoms with E-state index in [1.807, 2.05) is 18.3 Å². The Morgan fingerprint density at radius 1 is 1.00 bits per heavy atom. The van der Waals surface area contributed by atoms with E-state index in [1.165, 1.54) is 48.3 Å². The van der Waals surface area contributed by atoms with Gasteiger partial charge in [0, 0.05) is 29.2 Å². The van der Waals surface area contributed by atoms with E-state index in [0.29, 0.717) is 32.1 Å². The SMILES string of the molecule is NC(=O)C1(c2cccc(Sc3ccc(-c4ccnn4C4CCCCC4)cc3)c2)CCOCC1. The van der Waals surface area contributed by atoms with Crippen LogP contribution < -0.4 is 5.73 Å². The minimum Gasteiger partial charge on any atom is -0.381 e. The Morgan fingerprint density at radius 2 is 1.76 bits per heavy atom. The minimum atomic E-state index is -0.629. The van der Waals surface area contributed by atoms with Gasteiger partial charge >= 0.3 is 0 Å². The van der Waals surface area contributed by atoms with Gasteiger partial charge in [-0.1, -0.05) is 55.3 Å². The van der Waals surface area contributed by atoms with Gasteiger partial charge in [-0.05, 0) is 67.1 Å². The van der Waals surface area contributed by atoms with Crippen molar-refractivity contribution >= 4 is 17.7 Å². The summed E-state index contributed by atoms with van der Waals surface area (Å²) < 4.78 is 7.72. The summed E-state index contributed by atoms with van der Waals surface area (Å²) in [6.45, 7) is 1.14. The van der Waals surface area contributed by atoms with Gasteiger partial charge in [-0.25, -0.2) is 0 Å². The Labute approximate surface area is 199 Å². The average Bonchev–Trinajstić information content (AvgIpc) is 3.36. The fraction of sp³-hybridized carbons (Fsp3) is 0.407. The highest BCUT2D eigenvalue weighted by Crippen LogP contribution is 2.38. The first-order chi connectivity index (χ1) is 16.2.